The number of allylic oxidation sites excluding steroid dienone is 1. The second-order valence-electron chi connectivity index (χ2n) is 10.9. The maximum Gasteiger partial charge on any atom is 0.261 e. The van der Waals surface area contributed by atoms with Gasteiger partial charge in [-0.1, -0.05) is 12.1 Å². The first-order valence-corrected chi connectivity index (χ1v) is 13.8. The maximum atomic E-state index is 13.3. The number of nitrogens with one attached hydrogen (secondary N) is 2. The SMILES string of the molecule is Cc1cccc(OCC(O)CN=C2C=CNC(=O)C2c2nc3cc4c(cc3[nH]2)C(=O)N(C2CCN(C)CC2)C4=O)c1. The number of nitrogens with zero attached hydrogens (tertiary/aromatic N) is 4. The molecule has 0 spiro atoms. The fraction of sp³-hybridized carbons (Fsp3) is 0.367. The number of fused-ring (bicyclic) bond motifs is 2. The molecule has 0 bridgehead atoms. The normalized spacial score (nSPS) is 21.5. The third-order valence-corrected chi connectivity index (χ3v) is 7.82. The number of imidazole rings is 1. The Morgan fingerprint density at radius 2 is 1.88 bits per heavy atom. The number of aromatic amines is 1. The summed E-state index contributed by atoms with van der Waals surface area (Å²) in [7, 11) is 2.03. The van der Waals surface area contributed by atoms with E-state index in [4.69, 9.17) is 4.74 Å². The highest BCUT2D eigenvalue weighted by Crippen LogP contribution is 2.32. The van der Waals surface area contributed by atoms with Crippen LogP contribution in [0.25, 0.3) is 11.0 Å². The molecule has 6 rings (SSSR count). The number of amides is 3. The number of benzene rings is 2. The topological polar surface area (TPSA) is 140 Å². The first kappa shape index (κ1) is 26.9. The van der Waals surface area contributed by atoms with Gasteiger partial charge in [0.1, 0.15) is 30.2 Å². The van der Waals surface area contributed by atoms with Crippen molar-refractivity contribution in [1.29, 1.82) is 0 Å². The lowest BCUT2D eigenvalue weighted by Gasteiger charge is -2.33. The van der Waals surface area contributed by atoms with Gasteiger partial charge in [-0.15, -0.1) is 0 Å². The van der Waals surface area contributed by atoms with Crippen LogP contribution >= 0.6 is 0 Å². The molecule has 3 aliphatic rings. The van der Waals surface area contributed by atoms with Crippen LogP contribution in [0.5, 0.6) is 5.75 Å². The van der Waals surface area contributed by atoms with Crippen LogP contribution in [0.15, 0.2) is 53.7 Å². The minimum absolute atomic E-state index is 0.0274. The average molecular weight is 557 g/mol. The Kier molecular flexibility index (Phi) is 7.14. The first-order chi connectivity index (χ1) is 19.8. The van der Waals surface area contributed by atoms with Gasteiger partial charge in [0.05, 0.1) is 34.4 Å². The lowest BCUT2D eigenvalue weighted by molar-refractivity contribution is -0.120. The standard InChI is InChI=1S/C30H32N6O5/c1-17-4-3-5-20(12-17)41-16-19(37)15-32-23-6-9-31-28(38)26(23)27-33-24-13-21-22(14-25(24)34-27)30(40)36(29(21)39)18-7-10-35(2)11-8-18/h3-6,9,12-14,18-19,26,37H,7-8,10-11,15-16H2,1-2H3,(H,31,38)(H,33,34). The third kappa shape index (κ3) is 5.25. The van der Waals surface area contributed by atoms with Crippen LogP contribution in [0.2, 0.25) is 0 Å². The second-order valence-corrected chi connectivity index (χ2v) is 10.9. The Morgan fingerprint density at radius 1 is 1.12 bits per heavy atom. The fourth-order valence-corrected chi connectivity index (χ4v) is 5.60. The molecule has 1 fully saturated rings. The summed E-state index contributed by atoms with van der Waals surface area (Å²) < 4.78 is 5.67. The Balaban J connectivity index is 1.20. The zero-order chi connectivity index (χ0) is 28.7. The second kappa shape index (κ2) is 10.9. The fourth-order valence-electron chi connectivity index (χ4n) is 5.60. The van der Waals surface area contributed by atoms with Gasteiger partial charge >= 0.3 is 0 Å². The molecule has 1 saturated heterocycles. The summed E-state index contributed by atoms with van der Waals surface area (Å²) in [5.41, 5.74) is 3.19. The number of aliphatic hydroxyl groups is 1. The van der Waals surface area contributed by atoms with E-state index in [1.54, 1.807) is 18.2 Å². The van der Waals surface area contributed by atoms with E-state index in [9.17, 15) is 19.5 Å². The van der Waals surface area contributed by atoms with E-state index in [0.717, 1.165) is 31.5 Å². The van der Waals surface area contributed by atoms with Gasteiger partial charge in [-0.05, 0) is 75.8 Å². The number of aliphatic hydroxyl groups excluding tert-OH is 1. The van der Waals surface area contributed by atoms with Crippen LogP contribution in [0, 0.1) is 6.92 Å². The van der Waals surface area contributed by atoms with Crippen LogP contribution in [-0.4, -0.2) is 93.7 Å². The molecule has 11 heteroatoms. The van der Waals surface area contributed by atoms with Crippen LogP contribution in [0.1, 0.15) is 50.9 Å². The summed E-state index contributed by atoms with van der Waals surface area (Å²) in [5.74, 6) is -0.777. The average Bonchev–Trinajstić information content (AvgIpc) is 3.47. The molecule has 11 nitrogen and oxygen atoms in total. The van der Waals surface area contributed by atoms with Gasteiger partial charge in [-0.2, -0.15) is 0 Å². The molecule has 1 aromatic heterocycles. The minimum Gasteiger partial charge on any atom is -0.491 e. The van der Waals surface area contributed by atoms with Gasteiger partial charge in [-0.3, -0.25) is 24.3 Å². The number of carbonyl (C=O) groups excluding carboxylic acids is 3. The molecule has 212 valence electrons. The van der Waals surface area contributed by atoms with Gasteiger partial charge in [-0.25, -0.2) is 4.98 Å². The number of aliphatic imine (C=N–C) groups is 1. The summed E-state index contributed by atoms with van der Waals surface area (Å²) in [6, 6.07) is 10.7. The van der Waals surface area contributed by atoms with Crippen molar-refractivity contribution in [2.75, 3.05) is 33.3 Å². The van der Waals surface area contributed by atoms with Gasteiger partial charge < -0.3 is 25.0 Å². The molecule has 3 amide bonds. The Bertz CT molecular complexity index is 1530. The van der Waals surface area contributed by atoms with E-state index in [1.165, 1.54) is 11.1 Å². The quantitative estimate of drug-likeness (QED) is 0.379. The summed E-state index contributed by atoms with van der Waals surface area (Å²) in [6.45, 7) is 3.71. The van der Waals surface area contributed by atoms with Crippen LogP contribution in [-0.2, 0) is 4.79 Å². The zero-order valence-electron chi connectivity index (χ0n) is 23.0. The molecule has 2 aromatic carbocycles. The number of hydrogen-bond donors (Lipinski definition) is 3. The van der Waals surface area contributed by atoms with Crippen molar-refractivity contribution in [2.24, 2.45) is 4.99 Å². The number of aromatic nitrogens is 2. The number of imide groups is 1. The predicted molar refractivity (Wildman–Crippen MR) is 152 cm³/mol. The molecule has 3 aliphatic heterocycles. The van der Waals surface area contributed by atoms with E-state index < -0.39 is 12.0 Å². The van der Waals surface area contributed by atoms with Crippen molar-refractivity contribution in [1.82, 2.24) is 25.1 Å². The first-order valence-electron chi connectivity index (χ1n) is 13.8. The summed E-state index contributed by atoms with van der Waals surface area (Å²) in [4.78, 5) is 55.4. The number of ether oxygens (including phenoxy) is 1. The summed E-state index contributed by atoms with van der Waals surface area (Å²) in [6.07, 6.45) is 3.78. The van der Waals surface area contributed by atoms with Crippen molar-refractivity contribution < 1.29 is 24.2 Å². The monoisotopic (exact) mass is 556 g/mol. The van der Waals surface area contributed by atoms with E-state index >= 15 is 0 Å². The van der Waals surface area contributed by atoms with Gasteiger partial charge in [0.15, 0.2) is 0 Å². The third-order valence-electron chi connectivity index (χ3n) is 7.82. The highest BCUT2D eigenvalue weighted by Gasteiger charge is 2.41. The van der Waals surface area contributed by atoms with Crippen LogP contribution in [0.4, 0.5) is 0 Å². The number of likely N-dealkylation sites (tertiary alicyclic amines) is 1. The van der Waals surface area contributed by atoms with Crippen LogP contribution in [0.3, 0.4) is 0 Å². The lowest BCUT2D eigenvalue weighted by Crippen LogP contribution is -2.46. The molecule has 0 radical (unpaired) electrons. The molecule has 2 atom stereocenters. The predicted octanol–water partition coefficient (Wildman–Crippen LogP) is 2.17. The smallest absolute Gasteiger partial charge is 0.261 e. The Hall–Kier alpha value is -4.35. The molecule has 41 heavy (non-hydrogen) atoms. The van der Waals surface area contributed by atoms with Crippen molar-refractivity contribution in [3.63, 3.8) is 0 Å². The van der Waals surface area contributed by atoms with Crippen molar-refractivity contribution in [2.45, 2.75) is 37.8 Å². The largest absolute Gasteiger partial charge is 0.491 e. The van der Waals surface area contributed by atoms with E-state index in [0.29, 0.717) is 39.4 Å². The molecule has 3 aromatic rings. The lowest BCUT2D eigenvalue weighted by atomic mass is 9.99. The Morgan fingerprint density at radius 3 is 2.63 bits per heavy atom. The maximum absolute atomic E-state index is 13.3. The van der Waals surface area contributed by atoms with Gasteiger partial charge in [0.25, 0.3) is 11.8 Å². The molecule has 3 N–H and O–H groups in total. The molecule has 4 heterocycles. The van der Waals surface area contributed by atoms with Crippen LogP contribution < -0.4 is 10.1 Å². The van der Waals surface area contributed by atoms with Crippen molar-refractivity contribution in [3.8, 4) is 5.75 Å². The van der Waals surface area contributed by atoms with Crippen molar-refractivity contribution in [3.05, 3.63) is 71.2 Å². The molecular weight excluding hydrogens is 524 g/mol. The zero-order valence-corrected chi connectivity index (χ0v) is 23.0. The number of H-pyrrole nitrogens is 1. The highest BCUT2D eigenvalue weighted by molar-refractivity contribution is 6.23. The minimum atomic E-state index is -0.884. The number of hydrogen-bond acceptors (Lipinski definition) is 8. The van der Waals surface area contributed by atoms with E-state index in [-0.39, 0.29) is 36.9 Å². The number of piperidine rings is 1. The highest BCUT2D eigenvalue weighted by atomic mass is 16.5. The number of carbonyl (C=O) groups is 3. The summed E-state index contributed by atoms with van der Waals surface area (Å²) >= 11 is 0. The van der Waals surface area contributed by atoms with Gasteiger partial charge in [0, 0.05) is 12.2 Å². The van der Waals surface area contributed by atoms with Crippen molar-refractivity contribution >= 4 is 34.5 Å². The van der Waals surface area contributed by atoms with E-state index in [2.05, 4.69) is 25.2 Å². The molecule has 2 unspecified atom stereocenters. The number of aryl methyl sites for hydroxylation is 1. The number of rotatable bonds is 7. The van der Waals surface area contributed by atoms with E-state index in [1.807, 2.05) is 38.2 Å². The molecule has 0 aliphatic carbocycles. The van der Waals surface area contributed by atoms with Gasteiger partial charge in [0.2, 0.25) is 5.91 Å². The summed E-state index contributed by atoms with van der Waals surface area (Å²) in [5, 5.41) is 13.2. The molecular formula is C30H32N6O5. The Labute approximate surface area is 236 Å². The molecule has 0 saturated carbocycles.